The Morgan fingerprint density at radius 3 is 2.52 bits per heavy atom. The van der Waals surface area contributed by atoms with Crippen LogP contribution >= 0.6 is 0 Å². The Morgan fingerprint density at radius 1 is 1.24 bits per heavy atom. The van der Waals surface area contributed by atoms with Gasteiger partial charge in [0.2, 0.25) is 0 Å². The van der Waals surface area contributed by atoms with Crippen LogP contribution in [0, 0.1) is 12.8 Å². The van der Waals surface area contributed by atoms with Gasteiger partial charge in [0.05, 0.1) is 0 Å². The number of carbonyl (C=O) groups excluding carboxylic acids is 2. The molecule has 0 aliphatic carbocycles. The summed E-state index contributed by atoms with van der Waals surface area (Å²) in [7, 11) is 0. The van der Waals surface area contributed by atoms with E-state index in [0.717, 1.165) is 11.1 Å². The van der Waals surface area contributed by atoms with Gasteiger partial charge in [-0.05, 0) is 39.7 Å². The smallest absolute Gasteiger partial charge is 0.410 e. The molecule has 4 heteroatoms. The molecule has 1 heterocycles. The lowest BCUT2D eigenvalue weighted by Crippen LogP contribution is -2.35. The van der Waals surface area contributed by atoms with E-state index in [1.807, 2.05) is 52.0 Å². The molecule has 1 saturated heterocycles. The fourth-order valence-electron chi connectivity index (χ4n) is 2.54. The average molecular weight is 289 g/mol. The summed E-state index contributed by atoms with van der Waals surface area (Å²) in [4.78, 5) is 26.2. The predicted octanol–water partition coefficient (Wildman–Crippen LogP) is 3.43. The highest BCUT2D eigenvalue weighted by Gasteiger charge is 2.34. The predicted molar refractivity (Wildman–Crippen MR) is 81.4 cm³/mol. The molecule has 0 saturated carbocycles. The van der Waals surface area contributed by atoms with E-state index >= 15 is 0 Å². The minimum absolute atomic E-state index is 0.124. The van der Waals surface area contributed by atoms with Gasteiger partial charge >= 0.3 is 6.09 Å². The Labute approximate surface area is 126 Å². The quantitative estimate of drug-likeness (QED) is 0.784. The van der Waals surface area contributed by atoms with E-state index in [0.29, 0.717) is 19.5 Å². The maximum atomic E-state index is 12.5. The topological polar surface area (TPSA) is 46.6 Å². The Bertz CT molecular complexity index is 545. The number of rotatable bonds is 2. The van der Waals surface area contributed by atoms with Crippen molar-refractivity contribution in [3.8, 4) is 0 Å². The third kappa shape index (κ3) is 3.84. The number of amides is 1. The molecule has 0 N–H and O–H groups in total. The third-order valence-corrected chi connectivity index (χ3v) is 3.62. The summed E-state index contributed by atoms with van der Waals surface area (Å²) in [5.74, 6) is -0.00206. The maximum Gasteiger partial charge on any atom is 0.410 e. The number of ether oxygens (including phenoxy) is 1. The van der Waals surface area contributed by atoms with Crippen LogP contribution in [0.3, 0.4) is 0 Å². The lowest BCUT2D eigenvalue weighted by molar-refractivity contribution is 0.0289. The molecular weight excluding hydrogens is 266 g/mol. The van der Waals surface area contributed by atoms with Gasteiger partial charge in [-0.2, -0.15) is 0 Å². The minimum atomic E-state index is -0.505. The molecule has 1 aliphatic rings. The molecule has 0 aromatic heterocycles. The van der Waals surface area contributed by atoms with Crippen LogP contribution in [0.5, 0.6) is 0 Å². The van der Waals surface area contributed by atoms with E-state index in [9.17, 15) is 9.59 Å². The van der Waals surface area contributed by atoms with Crippen LogP contribution in [0.2, 0.25) is 0 Å². The first-order valence-electron chi connectivity index (χ1n) is 7.36. The van der Waals surface area contributed by atoms with Crippen molar-refractivity contribution in [2.75, 3.05) is 13.1 Å². The van der Waals surface area contributed by atoms with Gasteiger partial charge in [0, 0.05) is 24.6 Å². The molecule has 2 rings (SSSR count). The van der Waals surface area contributed by atoms with Gasteiger partial charge in [-0.1, -0.05) is 24.3 Å². The van der Waals surface area contributed by atoms with Crippen LogP contribution in [-0.4, -0.2) is 35.5 Å². The number of benzene rings is 1. The fourth-order valence-corrected chi connectivity index (χ4v) is 2.54. The highest BCUT2D eigenvalue weighted by molar-refractivity contribution is 5.99. The number of hydrogen-bond donors (Lipinski definition) is 0. The molecule has 21 heavy (non-hydrogen) atoms. The second-order valence-corrected chi connectivity index (χ2v) is 6.59. The van der Waals surface area contributed by atoms with Crippen LogP contribution in [-0.2, 0) is 4.74 Å². The fraction of sp³-hybridized carbons (Fsp3) is 0.529. The average Bonchev–Trinajstić information content (AvgIpc) is 2.86. The highest BCUT2D eigenvalue weighted by Crippen LogP contribution is 2.24. The highest BCUT2D eigenvalue weighted by atomic mass is 16.6. The van der Waals surface area contributed by atoms with Gasteiger partial charge in [-0.3, -0.25) is 4.79 Å². The summed E-state index contributed by atoms with van der Waals surface area (Å²) < 4.78 is 5.35. The Balaban J connectivity index is 2.01. The lowest BCUT2D eigenvalue weighted by Gasteiger charge is -2.24. The monoisotopic (exact) mass is 289 g/mol. The summed E-state index contributed by atoms with van der Waals surface area (Å²) >= 11 is 0. The van der Waals surface area contributed by atoms with E-state index in [-0.39, 0.29) is 17.8 Å². The van der Waals surface area contributed by atoms with E-state index in [2.05, 4.69) is 0 Å². The SMILES string of the molecule is Cc1ccccc1C(=O)C1CCN(C(=O)OC(C)(C)C)C1. The van der Waals surface area contributed by atoms with Crippen LogP contribution in [0.25, 0.3) is 0 Å². The summed E-state index contributed by atoms with van der Waals surface area (Å²) in [6.07, 6.45) is 0.370. The molecule has 1 aromatic carbocycles. The second-order valence-electron chi connectivity index (χ2n) is 6.59. The van der Waals surface area contributed by atoms with Gasteiger partial charge < -0.3 is 9.64 Å². The van der Waals surface area contributed by atoms with Gasteiger partial charge in [-0.25, -0.2) is 4.79 Å². The Morgan fingerprint density at radius 2 is 1.90 bits per heavy atom. The molecule has 1 fully saturated rings. The summed E-state index contributed by atoms with van der Waals surface area (Å²) in [5.41, 5.74) is 1.24. The zero-order chi connectivity index (χ0) is 15.6. The number of nitrogens with zero attached hydrogens (tertiary/aromatic N) is 1. The first kappa shape index (κ1) is 15.5. The molecule has 114 valence electrons. The molecule has 1 aliphatic heterocycles. The minimum Gasteiger partial charge on any atom is -0.444 e. The third-order valence-electron chi connectivity index (χ3n) is 3.62. The Kier molecular flexibility index (Phi) is 4.35. The van der Waals surface area contributed by atoms with Crippen molar-refractivity contribution in [3.63, 3.8) is 0 Å². The number of Topliss-reactive ketones (excluding diaryl/α,β-unsaturated/α-hetero) is 1. The number of aryl methyl sites for hydroxylation is 1. The zero-order valence-corrected chi connectivity index (χ0v) is 13.2. The van der Waals surface area contributed by atoms with Crippen LogP contribution in [0.4, 0.5) is 4.79 Å². The van der Waals surface area contributed by atoms with Crippen molar-refractivity contribution in [1.29, 1.82) is 0 Å². The standard InChI is InChI=1S/C17H23NO3/c1-12-7-5-6-8-14(12)15(19)13-9-10-18(11-13)16(20)21-17(2,3)4/h5-8,13H,9-11H2,1-4H3. The van der Waals surface area contributed by atoms with Gasteiger partial charge in [0.15, 0.2) is 5.78 Å². The van der Waals surface area contributed by atoms with Gasteiger partial charge in [0.25, 0.3) is 0 Å². The molecule has 1 unspecified atom stereocenters. The summed E-state index contributed by atoms with van der Waals surface area (Å²) in [6, 6.07) is 7.59. The summed E-state index contributed by atoms with van der Waals surface area (Å²) in [5, 5.41) is 0. The van der Waals surface area contributed by atoms with Crippen molar-refractivity contribution in [2.24, 2.45) is 5.92 Å². The van der Waals surface area contributed by atoms with E-state index < -0.39 is 5.60 Å². The normalized spacial score (nSPS) is 18.7. The van der Waals surface area contributed by atoms with Gasteiger partial charge in [-0.15, -0.1) is 0 Å². The largest absolute Gasteiger partial charge is 0.444 e. The number of carbonyl (C=O) groups is 2. The van der Waals surface area contributed by atoms with Crippen molar-refractivity contribution < 1.29 is 14.3 Å². The van der Waals surface area contributed by atoms with E-state index in [1.54, 1.807) is 4.90 Å². The molecule has 1 amide bonds. The first-order chi connectivity index (χ1) is 9.78. The second kappa shape index (κ2) is 5.88. The zero-order valence-electron chi connectivity index (χ0n) is 13.2. The molecule has 0 bridgehead atoms. The van der Waals surface area contributed by atoms with Crippen molar-refractivity contribution in [3.05, 3.63) is 35.4 Å². The number of hydrogen-bond acceptors (Lipinski definition) is 3. The van der Waals surface area contributed by atoms with Crippen molar-refractivity contribution in [2.45, 2.75) is 39.7 Å². The Hall–Kier alpha value is -1.84. The van der Waals surface area contributed by atoms with Crippen LogP contribution in [0.15, 0.2) is 24.3 Å². The van der Waals surface area contributed by atoms with Crippen LogP contribution < -0.4 is 0 Å². The summed E-state index contributed by atoms with van der Waals surface area (Å²) in [6.45, 7) is 8.50. The maximum absolute atomic E-state index is 12.5. The lowest BCUT2D eigenvalue weighted by atomic mass is 9.94. The first-order valence-corrected chi connectivity index (χ1v) is 7.36. The molecule has 0 radical (unpaired) electrons. The van der Waals surface area contributed by atoms with E-state index in [1.165, 1.54) is 0 Å². The molecule has 1 atom stereocenters. The van der Waals surface area contributed by atoms with E-state index in [4.69, 9.17) is 4.74 Å². The van der Waals surface area contributed by atoms with Gasteiger partial charge in [0.1, 0.15) is 5.60 Å². The number of likely N-dealkylation sites (tertiary alicyclic amines) is 1. The molecule has 1 aromatic rings. The van der Waals surface area contributed by atoms with Crippen molar-refractivity contribution >= 4 is 11.9 Å². The molecule has 4 nitrogen and oxygen atoms in total. The van der Waals surface area contributed by atoms with Crippen molar-refractivity contribution in [1.82, 2.24) is 4.90 Å². The van der Waals surface area contributed by atoms with Crippen LogP contribution in [0.1, 0.15) is 43.1 Å². The number of ketones is 1. The molecular formula is C17H23NO3. The molecule has 0 spiro atoms.